The lowest BCUT2D eigenvalue weighted by atomic mass is 10.2. The molecule has 0 aliphatic carbocycles. The Labute approximate surface area is 127 Å². The van der Waals surface area contributed by atoms with Gasteiger partial charge in [-0.1, -0.05) is 13.0 Å². The van der Waals surface area contributed by atoms with E-state index in [0.29, 0.717) is 0 Å². The molecule has 2 aromatic heterocycles. The topological polar surface area (TPSA) is 46.0 Å². The first kappa shape index (κ1) is 15.7. The van der Waals surface area contributed by atoms with Crippen molar-refractivity contribution in [3.05, 3.63) is 47.5 Å². The van der Waals surface area contributed by atoms with E-state index in [1.54, 1.807) is 0 Å². The van der Waals surface area contributed by atoms with Crippen LogP contribution < -0.4 is 5.32 Å². The van der Waals surface area contributed by atoms with Crippen LogP contribution in [0, 0.1) is 0 Å². The molecule has 0 fully saturated rings. The molecule has 0 aromatic carbocycles. The van der Waals surface area contributed by atoms with Gasteiger partial charge in [0.1, 0.15) is 0 Å². The van der Waals surface area contributed by atoms with Crippen molar-refractivity contribution in [3.63, 3.8) is 0 Å². The van der Waals surface area contributed by atoms with E-state index in [0.717, 1.165) is 38.3 Å². The van der Waals surface area contributed by atoms with Gasteiger partial charge in [-0.2, -0.15) is 5.10 Å². The highest BCUT2D eigenvalue weighted by Crippen LogP contribution is 2.07. The van der Waals surface area contributed by atoms with Crippen LogP contribution in [0.2, 0.25) is 0 Å². The van der Waals surface area contributed by atoms with Gasteiger partial charge in [0.15, 0.2) is 0 Å². The van der Waals surface area contributed by atoms with Gasteiger partial charge in [-0.05, 0) is 31.6 Å². The molecule has 1 N–H and O–H groups in total. The SMILES string of the molecule is CCCNCc1ccc(CN(C)Cc2cnn(C)c2)nc1. The van der Waals surface area contributed by atoms with Crippen molar-refractivity contribution in [3.8, 4) is 0 Å². The van der Waals surface area contributed by atoms with Crippen molar-refractivity contribution in [1.29, 1.82) is 0 Å². The lowest BCUT2D eigenvalue weighted by molar-refractivity contribution is 0.315. The molecule has 0 aliphatic rings. The number of hydrogen-bond acceptors (Lipinski definition) is 4. The summed E-state index contributed by atoms with van der Waals surface area (Å²) in [5, 5.41) is 7.58. The lowest BCUT2D eigenvalue weighted by Gasteiger charge is -2.15. The highest BCUT2D eigenvalue weighted by atomic mass is 15.2. The Kier molecular flexibility index (Phi) is 5.90. The molecule has 0 aliphatic heterocycles. The highest BCUT2D eigenvalue weighted by Gasteiger charge is 2.04. The predicted molar refractivity (Wildman–Crippen MR) is 84.6 cm³/mol. The molecule has 0 saturated heterocycles. The van der Waals surface area contributed by atoms with Gasteiger partial charge < -0.3 is 5.32 Å². The number of hydrogen-bond donors (Lipinski definition) is 1. The number of rotatable bonds is 8. The first-order valence-electron chi connectivity index (χ1n) is 7.48. The molecule has 21 heavy (non-hydrogen) atoms. The summed E-state index contributed by atoms with van der Waals surface area (Å²) in [6.07, 6.45) is 7.08. The normalized spacial score (nSPS) is 11.2. The number of nitrogens with zero attached hydrogens (tertiary/aromatic N) is 4. The molecule has 0 atom stereocenters. The molecule has 2 rings (SSSR count). The van der Waals surface area contributed by atoms with Crippen molar-refractivity contribution < 1.29 is 0 Å². The summed E-state index contributed by atoms with van der Waals surface area (Å²) in [7, 11) is 4.04. The molecule has 114 valence electrons. The Bertz CT molecular complexity index is 532. The zero-order valence-corrected chi connectivity index (χ0v) is 13.2. The molecule has 0 unspecified atom stereocenters. The molecule has 2 aromatic rings. The second kappa shape index (κ2) is 7.90. The zero-order valence-electron chi connectivity index (χ0n) is 13.2. The highest BCUT2D eigenvalue weighted by molar-refractivity contribution is 5.14. The Morgan fingerprint density at radius 1 is 1.19 bits per heavy atom. The Hall–Kier alpha value is -1.72. The van der Waals surface area contributed by atoms with Crippen molar-refractivity contribution in [1.82, 2.24) is 25.0 Å². The average molecular weight is 287 g/mol. The number of nitrogens with one attached hydrogen (secondary N) is 1. The molecule has 2 heterocycles. The fourth-order valence-corrected chi connectivity index (χ4v) is 2.26. The van der Waals surface area contributed by atoms with Gasteiger partial charge in [0.25, 0.3) is 0 Å². The first-order valence-corrected chi connectivity index (χ1v) is 7.48. The number of aryl methyl sites for hydroxylation is 1. The quantitative estimate of drug-likeness (QED) is 0.754. The third kappa shape index (κ3) is 5.28. The second-order valence-corrected chi connectivity index (χ2v) is 5.53. The second-order valence-electron chi connectivity index (χ2n) is 5.53. The summed E-state index contributed by atoms with van der Waals surface area (Å²) >= 11 is 0. The smallest absolute Gasteiger partial charge is 0.0544 e. The van der Waals surface area contributed by atoms with E-state index in [1.165, 1.54) is 11.1 Å². The van der Waals surface area contributed by atoms with E-state index < -0.39 is 0 Å². The van der Waals surface area contributed by atoms with E-state index in [2.05, 4.69) is 46.4 Å². The molecule has 5 heteroatoms. The van der Waals surface area contributed by atoms with Gasteiger partial charge >= 0.3 is 0 Å². The van der Waals surface area contributed by atoms with Gasteiger partial charge in [-0.25, -0.2) is 0 Å². The fraction of sp³-hybridized carbons (Fsp3) is 0.500. The fourth-order valence-electron chi connectivity index (χ4n) is 2.26. The van der Waals surface area contributed by atoms with E-state index in [-0.39, 0.29) is 0 Å². The first-order chi connectivity index (χ1) is 10.2. The maximum atomic E-state index is 4.54. The maximum Gasteiger partial charge on any atom is 0.0544 e. The van der Waals surface area contributed by atoms with Crippen LogP contribution >= 0.6 is 0 Å². The Morgan fingerprint density at radius 3 is 2.67 bits per heavy atom. The molecule has 5 nitrogen and oxygen atoms in total. The zero-order chi connectivity index (χ0) is 15.1. The van der Waals surface area contributed by atoms with Crippen LogP contribution in [0.15, 0.2) is 30.7 Å². The largest absolute Gasteiger partial charge is 0.313 e. The van der Waals surface area contributed by atoms with Gasteiger partial charge in [-0.3, -0.25) is 14.6 Å². The van der Waals surface area contributed by atoms with Crippen LogP contribution in [0.5, 0.6) is 0 Å². The van der Waals surface area contributed by atoms with Crippen LogP contribution in [0.3, 0.4) is 0 Å². The molecule has 0 spiro atoms. The minimum absolute atomic E-state index is 0.845. The predicted octanol–water partition coefficient (Wildman–Crippen LogP) is 1.95. The van der Waals surface area contributed by atoms with Crippen LogP contribution in [0.4, 0.5) is 0 Å². The number of aromatic nitrogens is 3. The number of pyridine rings is 1. The standard InChI is InChI=1S/C16H25N5/c1-4-7-17-8-14-5-6-16(18-9-14)13-20(2)11-15-10-19-21(3)12-15/h5-6,9-10,12,17H,4,7-8,11,13H2,1-3H3. The van der Waals surface area contributed by atoms with Crippen molar-refractivity contribution in [2.45, 2.75) is 33.0 Å². The van der Waals surface area contributed by atoms with E-state index in [9.17, 15) is 0 Å². The van der Waals surface area contributed by atoms with E-state index in [4.69, 9.17) is 0 Å². The molecule has 0 radical (unpaired) electrons. The Morgan fingerprint density at radius 2 is 2.05 bits per heavy atom. The lowest BCUT2D eigenvalue weighted by Crippen LogP contribution is -2.18. The van der Waals surface area contributed by atoms with Crippen molar-refractivity contribution in [2.24, 2.45) is 7.05 Å². The van der Waals surface area contributed by atoms with Gasteiger partial charge in [-0.15, -0.1) is 0 Å². The summed E-state index contributed by atoms with van der Waals surface area (Å²) in [5.74, 6) is 0. The van der Waals surface area contributed by atoms with Crippen LogP contribution in [0.25, 0.3) is 0 Å². The third-order valence-corrected chi connectivity index (χ3v) is 3.28. The molecular formula is C16H25N5. The summed E-state index contributed by atoms with van der Waals surface area (Å²) in [4.78, 5) is 6.79. The van der Waals surface area contributed by atoms with Crippen molar-refractivity contribution >= 4 is 0 Å². The van der Waals surface area contributed by atoms with E-state index >= 15 is 0 Å². The average Bonchev–Trinajstić information content (AvgIpc) is 2.86. The maximum absolute atomic E-state index is 4.54. The third-order valence-electron chi connectivity index (χ3n) is 3.28. The molecule has 0 bridgehead atoms. The monoisotopic (exact) mass is 287 g/mol. The van der Waals surface area contributed by atoms with Crippen molar-refractivity contribution in [2.75, 3.05) is 13.6 Å². The minimum Gasteiger partial charge on any atom is -0.313 e. The molecular weight excluding hydrogens is 262 g/mol. The molecule has 0 saturated carbocycles. The summed E-state index contributed by atoms with van der Waals surface area (Å²) < 4.78 is 1.83. The van der Waals surface area contributed by atoms with Crippen LogP contribution in [-0.4, -0.2) is 33.3 Å². The molecule has 0 amide bonds. The van der Waals surface area contributed by atoms with Crippen LogP contribution in [0.1, 0.15) is 30.2 Å². The summed E-state index contributed by atoms with van der Waals surface area (Å²) in [6, 6.07) is 4.27. The van der Waals surface area contributed by atoms with Gasteiger partial charge in [0.05, 0.1) is 11.9 Å². The Balaban J connectivity index is 1.82. The van der Waals surface area contributed by atoms with Gasteiger partial charge in [0, 0.05) is 44.6 Å². The summed E-state index contributed by atoms with van der Waals surface area (Å²) in [6.45, 7) is 5.85. The summed E-state index contributed by atoms with van der Waals surface area (Å²) in [5.41, 5.74) is 3.56. The minimum atomic E-state index is 0.845. The van der Waals surface area contributed by atoms with Crippen LogP contribution in [-0.2, 0) is 26.7 Å². The van der Waals surface area contributed by atoms with E-state index in [1.807, 2.05) is 30.3 Å². The van der Waals surface area contributed by atoms with Gasteiger partial charge in [0.2, 0.25) is 0 Å².